The Morgan fingerprint density at radius 3 is 2.45 bits per heavy atom. The van der Waals surface area contributed by atoms with Crippen LogP contribution in [0, 0.1) is 0 Å². The van der Waals surface area contributed by atoms with Crippen molar-refractivity contribution in [2.45, 2.75) is 13.0 Å². The first-order valence-electron chi connectivity index (χ1n) is 2.73. The molecular weight excluding hydrogens is 189 g/mol. The highest BCUT2D eigenvalue weighted by Gasteiger charge is 2.14. The fourth-order valence-corrected chi connectivity index (χ4v) is 0.516. The summed E-state index contributed by atoms with van der Waals surface area (Å²) in [7, 11) is 1.28. The van der Waals surface area contributed by atoms with Crippen molar-refractivity contribution in [3.8, 4) is 0 Å². The number of carbonyl (C=O) groups is 1. The van der Waals surface area contributed by atoms with Crippen LogP contribution in [0.1, 0.15) is 6.92 Å². The summed E-state index contributed by atoms with van der Waals surface area (Å²) in [6.07, 6.45) is 0. The summed E-state index contributed by atoms with van der Waals surface area (Å²) in [5, 5.41) is 0. The Hall–Kier alpha value is -0.250. The van der Waals surface area contributed by atoms with Gasteiger partial charge >= 0.3 is 5.97 Å². The maximum absolute atomic E-state index is 10.7. The Labute approximate surface area is 76.9 Å². The molecule has 0 aliphatic rings. The molecule has 0 radical (unpaired) electrons. The molecule has 66 valence electrons. The Balaban J connectivity index is 0. The number of rotatable bonds is 2. The van der Waals surface area contributed by atoms with E-state index in [1.54, 1.807) is 6.92 Å². The molecule has 0 saturated heterocycles. The minimum Gasteiger partial charge on any atom is -0.468 e. The van der Waals surface area contributed by atoms with Crippen LogP contribution in [-0.4, -0.2) is 19.1 Å². The quantitative estimate of drug-likeness (QED) is 0.677. The maximum Gasteiger partial charge on any atom is 0.326 e. The number of carbonyl (C=O) groups excluding carboxylic acids is 1. The molecule has 0 aromatic rings. The SMILES string of the molecule is COC(=O)C(N)/C(C)=C\Cl.Cl. The van der Waals surface area contributed by atoms with E-state index in [2.05, 4.69) is 4.74 Å². The van der Waals surface area contributed by atoms with Gasteiger partial charge < -0.3 is 10.5 Å². The number of nitrogens with two attached hydrogens (primary N) is 1. The highest BCUT2D eigenvalue weighted by molar-refractivity contribution is 6.25. The Morgan fingerprint density at radius 2 is 2.18 bits per heavy atom. The molecule has 1 unspecified atom stereocenters. The van der Waals surface area contributed by atoms with Crippen molar-refractivity contribution in [3.05, 3.63) is 11.1 Å². The van der Waals surface area contributed by atoms with Crippen LogP contribution >= 0.6 is 24.0 Å². The second-order valence-corrected chi connectivity index (χ2v) is 2.07. The van der Waals surface area contributed by atoms with Gasteiger partial charge in [0.1, 0.15) is 6.04 Å². The van der Waals surface area contributed by atoms with E-state index in [1.807, 2.05) is 0 Å². The average Bonchev–Trinajstić information content (AvgIpc) is 2.00. The Kier molecular flexibility index (Phi) is 7.84. The van der Waals surface area contributed by atoms with E-state index in [0.717, 1.165) is 0 Å². The van der Waals surface area contributed by atoms with Gasteiger partial charge in [-0.15, -0.1) is 12.4 Å². The second-order valence-electron chi connectivity index (χ2n) is 1.85. The summed E-state index contributed by atoms with van der Waals surface area (Å²) in [6, 6.07) is -0.734. The van der Waals surface area contributed by atoms with Crippen molar-refractivity contribution >= 4 is 30.0 Å². The van der Waals surface area contributed by atoms with Gasteiger partial charge in [-0.1, -0.05) is 11.6 Å². The van der Waals surface area contributed by atoms with Crippen molar-refractivity contribution < 1.29 is 9.53 Å². The standard InChI is InChI=1S/C6H10ClNO2.ClH/c1-4(3-7)5(8)6(9)10-2;/h3,5H,8H2,1-2H3;1H/b4-3-;. The zero-order chi connectivity index (χ0) is 8.15. The molecule has 11 heavy (non-hydrogen) atoms. The molecule has 0 aliphatic carbocycles. The zero-order valence-electron chi connectivity index (χ0n) is 6.33. The van der Waals surface area contributed by atoms with Crippen LogP contribution in [0.2, 0.25) is 0 Å². The summed E-state index contributed by atoms with van der Waals surface area (Å²) >= 11 is 5.30. The molecule has 0 bridgehead atoms. The van der Waals surface area contributed by atoms with Gasteiger partial charge in [0.05, 0.1) is 7.11 Å². The third-order valence-electron chi connectivity index (χ3n) is 1.12. The van der Waals surface area contributed by atoms with E-state index >= 15 is 0 Å². The Bertz CT molecular complexity index is 159. The van der Waals surface area contributed by atoms with Crippen molar-refractivity contribution in [2.75, 3.05) is 7.11 Å². The Morgan fingerprint density at radius 1 is 1.73 bits per heavy atom. The summed E-state index contributed by atoms with van der Waals surface area (Å²) in [4.78, 5) is 10.7. The van der Waals surface area contributed by atoms with Crippen LogP contribution in [0.5, 0.6) is 0 Å². The monoisotopic (exact) mass is 199 g/mol. The normalized spacial score (nSPS) is 13.3. The van der Waals surface area contributed by atoms with Crippen molar-refractivity contribution in [3.63, 3.8) is 0 Å². The fourth-order valence-electron chi connectivity index (χ4n) is 0.381. The predicted molar refractivity (Wildman–Crippen MR) is 46.8 cm³/mol. The number of hydrogen-bond acceptors (Lipinski definition) is 3. The van der Waals surface area contributed by atoms with E-state index in [4.69, 9.17) is 17.3 Å². The maximum atomic E-state index is 10.7. The van der Waals surface area contributed by atoms with Crippen LogP contribution in [-0.2, 0) is 9.53 Å². The van der Waals surface area contributed by atoms with Gasteiger partial charge in [-0.3, -0.25) is 4.79 Å². The van der Waals surface area contributed by atoms with Crippen LogP contribution in [0.25, 0.3) is 0 Å². The zero-order valence-corrected chi connectivity index (χ0v) is 7.91. The molecule has 1 atom stereocenters. The molecular formula is C6H11Cl2NO2. The highest BCUT2D eigenvalue weighted by atomic mass is 35.5. The molecule has 0 fully saturated rings. The number of hydrogen-bond donors (Lipinski definition) is 1. The minimum absolute atomic E-state index is 0. The second kappa shape index (κ2) is 6.46. The highest BCUT2D eigenvalue weighted by Crippen LogP contribution is 2.01. The van der Waals surface area contributed by atoms with E-state index < -0.39 is 12.0 Å². The lowest BCUT2D eigenvalue weighted by molar-refractivity contribution is -0.141. The minimum atomic E-state index is -0.734. The van der Waals surface area contributed by atoms with E-state index in [0.29, 0.717) is 5.57 Å². The smallest absolute Gasteiger partial charge is 0.326 e. The van der Waals surface area contributed by atoms with Gasteiger partial charge in [-0.25, -0.2) is 0 Å². The topological polar surface area (TPSA) is 52.3 Å². The first-order chi connectivity index (χ1) is 4.63. The molecule has 0 aromatic heterocycles. The molecule has 0 amide bonds. The third-order valence-corrected chi connectivity index (χ3v) is 1.46. The summed E-state index contributed by atoms with van der Waals surface area (Å²) in [5.74, 6) is -0.477. The summed E-state index contributed by atoms with van der Waals surface area (Å²) in [5.41, 5.74) is 7.21. The first kappa shape index (κ1) is 13.3. The molecule has 2 N–H and O–H groups in total. The van der Waals surface area contributed by atoms with Crippen LogP contribution in [0.4, 0.5) is 0 Å². The van der Waals surface area contributed by atoms with Crippen LogP contribution < -0.4 is 5.73 Å². The summed E-state index contributed by atoms with van der Waals surface area (Å²) in [6.45, 7) is 1.66. The van der Waals surface area contributed by atoms with Crippen molar-refractivity contribution in [1.82, 2.24) is 0 Å². The average molecular weight is 200 g/mol. The molecule has 5 heteroatoms. The van der Waals surface area contributed by atoms with Crippen molar-refractivity contribution in [2.24, 2.45) is 5.73 Å². The van der Waals surface area contributed by atoms with Gasteiger partial charge in [0.25, 0.3) is 0 Å². The van der Waals surface area contributed by atoms with Gasteiger partial charge in [0.15, 0.2) is 0 Å². The molecule has 0 aliphatic heterocycles. The van der Waals surface area contributed by atoms with E-state index in [1.165, 1.54) is 12.6 Å². The van der Waals surface area contributed by atoms with Gasteiger partial charge in [-0.05, 0) is 12.5 Å². The number of halogens is 2. The third kappa shape index (κ3) is 4.24. The van der Waals surface area contributed by atoms with Gasteiger partial charge in [-0.2, -0.15) is 0 Å². The van der Waals surface area contributed by atoms with E-state index in [9.17, 15) is 4.79 Å². The fraction of sp³-hybridized carbons (Fsp3) is 0.500. The number of methoxy groups -OCH3 is 1. The molecule has 0 saturated carbocycles. The lowest BCUT2D eigenvalue weighted by Crippen LogP contribution is -2.32. The van der Waals surface area contributed by atoms with Crippen molar-refractivity contribution in [1.29, 1.82) is 0 Å². The lowest BCUT2D eigenvalue weighted by atomic mass is 10.2. The first-order valence-corrected chi connectivity index (χ1v) is 3.17. The van der Waals surface area contributed by atoms with Crippen LogP contribution in [0.3, 0.4) is 0 Å². The molecule has 0 aromatic carbocycles. The lowest BCUT2D eigenvalue weighted by Gasteiger charge is -2.07. The largest absolute Gasteiger partial charge is 0.468 e. The van der Waals surface area contributed by atoms with Crippen LogP contribution in [0.15, 0.2) is 11.1 Å². The predicted octanol–water partition coefficient (Wildman–Crippen LogP) is 1.05. The van der Waals surface area contributed by atoms with E-state index in [-0.39, 0.29) is 12.4 Å². The molecule has 0 heterocycles. The molecule has 0 rings (SSSR count). The van der Waals surface area contributed by atoms with Gasteiger partial charge in [0.2, 0.25) is 0 Å². The molecule has 0 spiro atoms. The number of esters is 1. The summed E-state index contributed by atoms with van der Waals surface area (Å²) < 4.78 is 4.37. The number of ether oxygens (including phenoxy) is 1. The molecule has 3 nitrogen and oxygen atoms in total. The van der Waals surface area contributed by atoms with Gasteiger partial charge in [0, 0.05) is 5.54 Å².